The first-order valence-corrected chi connectivity index (χ1v) is 6.64. The Kier molecular flexibility index (Phi) is 3.82. The molecule has 1 saturated carbocycles. The highest BCUT2D eigenvalue weighted by Gasteiger charge is 2.26. The van der Waals surface area contributed by atoms with Gasteiger partial charge in [0.15, 0.2) is 5.75 Å². The van der Waals surface area contributed by atoms with E-state index in [-0.39, 0.29) is 6.10 Å². The van der Waals surface area contributed by atoms with Gasteiger partial charge in [0.25, 0.3) is 0 Å². The van der Waals surface area contributed by atoms with E-state index in [0.717, 1.165) is 12.8 Å². The summed E-state index contributed by atoms with van der Waals surface area (Å²) in [6.45, 7) is 4.56. The molecule has 0 aromatic heterocycles. The number of rotatable bonds is 2. The van der Waals surface area contributed by atoms with Crippen molar-refractivity contribution in [1.29, 1.82) is 0 Å². The lowest BCUT2D eigenvalue weighted by atomic mass is 9.82. The molecular formula is C14H20ClNO. The summed E-state index contributed by atoms with van der Waals surface area (Å²) in [5.41, 5.74) is 6.53. The lowest BCUT2D eigenvalue weighted by Gasteiger charge is -2.32. The summed E-state index contributed by atoms with van der Waals surface area (Å²) in [5.74, 6) is 2.08. The van der Waals surface area contributed by atoms with Crippen LogP contribution in [0.4, 0.5) is 5.69 Å². The van der Waals surface area contributed by atoms with Gasteiger partial charge in [-0.2, -0.15) is 0 Å². The summed E-state index contributed by atoms with van der Waals surface area (Å²) in [7, 11) is 0. The molecule has 2 atom stereocenters. The lowest BCUT2D eigenvalue weighted by Crippen LogP contribution is -2.28. The van der Waals surface area contributed by atoms with Gasteiger partial charge < -0.3 is 10.5 Å². The van der Waals surface area contributed by atoms with Gasteiger partial charge in [-0.05, 0) is 43.2 Å². The second-order valence-corrected chi connectivity index (χ2v) is 5.72. The summed E-state index contributed by atoms with van der Waals surface area (Å²) in [6.07, 6.45) is 3.72. The molecule has 1 fully saturated rings. The van der Waals surface area contributed by atoms with Crippen LogP contribution in [0.5, 0.6) is 5.75 Å². The molecule has 17 heavy (non-hydrogen) atoms. The van der Waals surface area contributed by atoms with Crippen LogP contribution >= 0.6 is 11.6 Å². The van der Waals surface area contributed by atoms with Gasteiger partial charge in [0.2, 0.25) is 0 Å². The van der Waals surface area contributed by atoms with E-state index in [1.54, 1.807) is 0 Å². The van der Waals surface area contributed by atoms with Crippen molar-refractivity contribution >= 4 is 17.3 Å². The zero-order valence-corrected chi connectivity index (χ0v) is 11.2. The predicted octanol–water partition coefficient (Wildman–Crippen LogP) is 4.13. The summed E-state index contributed by atoms with van der Waals surface area (Å²) in [5, 5.41) is 0.607. The molecule has 1 aromatic carbocycles. The number of nitrogen functional groups attached to an aromatic ring is 1. The number of benzene rings is 1. The van der Waals surface area contributed by atoms with Gasteiger partial charge in [0, 0.05) is 0 Å². The van der Waals surface area contributed by atoms with E-state index < -0.39 is 0 Å². The third kappa shape index (κ3) is 3.06. The maximum atomic E-state index is 6.12. The number of halogens is 1. The number of para-hydroxylation sites is 1. The largest absolute Gasteiger partial charge is 0.487 e. The molecule has 0 saturated heterocycles. The van der Waals surface area contributed by atoms with Gasteiger partial charge >= 0.3 is 0 Å². The highest BCUT2D eigenvalue weighted by molar-refractivity contribution is 6.32. The molecule has 0 amide bonds. The summed E-state index contributed by atoms with van der Waals surface area (Å²) >= 11 is 6.12. The number of hydrogen-bond donors (Lipinski definition) is 1. The molecule has 0 spiro atoms. The molecule has 0 aliphatic heterocycles. The van der Waals surface area contributed by atoms with Crippen molar-refractivity contribution in [1.82, 2.24) is 0 Å². The minimum absolute atomic E-state index is 0.246. The van der Waals surface area contributed by atoms with E-state index in [1.807, 2.05) is 18.2 Å². The Labute approximate surface area is 108 Å². The minimum atomic E-state index is 0.246. The second kappa shape index (κ2) is 5.18. The summed E-state index contributed by atoms with van der Waals surface area (Å²) < 4.78 is 6.00. The maximum absolute atomic E-state index is 6.12. The Morgan fingerprint density at radius 3 is 2.41 bits per heavy atom. The van der Waals surface area contributed by atoms with Crippen molar-refractivity contribution in [3.8, 4) is 5.75 Å². The van der Waals surface area contributed by atoms with Gasteiger partial charge in [0.1, 0.15) is 0 Å². The van der Waals surface area contributed by atoms with Crippen LogP contribution in [-0.2, 0) is 0 Å². The Bertz CT molecular complexity index is 364. The normalized spacial score (nSPS) is 29.0. The first-order chi connectivity index (χ1) is 8.06. The molecule has 2 N–H and O–H groups in total. The molecular weight excluding hydrogens is 234 g/mol. The topological polar surface area (TPSA) is 35.2 Å². The van der Waals surface area contributed by atoms with Crippen molar-refractivity contribution < 1.29 is 4.74 Å². The molecule has 0 heterocycles. The van der Waals surface area contributed by atoms with Crippen LogP contribution in [0.2, 0.25) is 5.02 Å². The molecule has 2 unspecified atom stereocenters. The van der Waals surface area contributed by atoms with Crippen LogP contribution in [0.3, 0.4) is 0 Å². The molecule has 1 aliphatic rings. The highest BCUT2D eigenvalue weighted by atomic mass is 35.5. The highest BCUT2D eigenvalue weighted by Crippen LogP contribution is 2.36. The average molecular weight is 254 g/mol. The lowest BCUT2D eigenvalue weighted by molar-refractivity contribution is 0.102. The van der Waals surface area contributed by atoms with E-state index in [9.17, 15) is 0 Å². The third-order valence-corrected chi connectivity index (χ3v) is 3.71. The van der Waals surface area contributed by atoms with E-state index in [1.165, 1.54) is 6.42 Å². The minimum Gasteiger partial charge on any atom is -0.487 e. The molecule has 94 valence electrons. The van der Waals surface area contributed by atoms with E-state index in [4.69, 9.17) is 22.1 Å². The fraction of sp³-hybridized carbons (Fsp3) is 0.571. The fourth-order valence-electron chi connectivity index (χ4n) is 2.79. The van der Waals surface area contributed by atoms with Crippen molar-refractivity contribution in [3.05, 3.63) is 23.2 Å². The van der Waals surface area contributed by atoms with Gasteiger partial charge in [-0.1, -0.05) is 31.5 Å². The predicted molar refractivity (Wildman–Crippen MR) is 72.5 cm³/mol. The molecule has 0 radical (unpaired) electrons. The monoisotopic (exact) mass is 253 g/mol. The van der Waals surface area contributed by atoms with Crippen LogP contribution in [0.15, 0.2) is 18.2 Å². The van der Waals surface area contributed by atoms with Gasteiger partial charge in [-0.15, -0.1) is 0 Å². The SMILES string of the molecule is CC1CC(C)CC(Oc2c(N)cccc2Cl)C1. The molecule has 1 aromatic rings. The quantitative estimate of drug-likeness (QED) is 0.805. The second-order valence-electron chi connectivity index (χ2n) is 5.32. The standard InChI is InChI=1S/C14H20ClNO/c1-9-6-10(2)8-11(7-9)17-14-12(15)4-3-5-13(14)16/h3-5,9-11H,6-8,16H2,1-2H3. The third-order valence-electron chi connectivity index (χ3n) is 3.42. The van der Waals surface area contributed by atoms with Crippen LogP contribution in [0.1, 0.15) is 33.1 Å². The number of nitrogens with two attached hydrogens (primary N) is 1. The first kappa shape index (κ1) is 12.6. The Morgan fingerprint density at radius 1 is 1.18 bits per heavy atom. The Balaban J connectivity index is 2.10. The maximum Gasteiger partial charge on any atom is 0.161 e. The molecule has 3 heteroatoms. The average Bonchev–Trinajstić information content (AvgIpc) is 2.22. The van der Waals surface area contributed by atoms with Crippen LogP contribution < -0.4 is 10.5 Å². The van der Waals surface area contributed by atoms with Gasteiger partial charge in [-0.3, -0.25) is 0 Å². The van der Waals surface area contributed by atoms with Gasteiger partial charge in [0.05, 0.1) is 16.8 Å². The van der Waals surface area contributed by atoms with Crippen LogP contribution in [0, 0.1) is 11.8 Å². The Hall–Kier alpha value is -0.890. The van der Waals surface area contributed by atoms with E-state index in [2.05, 4.69) is 13.8 Å². The van der Waals surface area contributed by atoms with E-state index >= 15 is 0 Å². The van der Waals surface area contributed by atoms with Crippen LogP contribution in [0.25, 0.3) is 0 Å². The molecule has 1 aliphatic carbocycles. The van der Waals surface area contributed by atoms with E-state index in [0.29, 0.717) is 28.3 Å². The zero-order chi connectivity index (χ0) is 12.4. The molecule has 0 bridgehead atoms. The fourth-order valence-corrected chi connectivity index (χ4v) is 3.01. The molecule has 2 nitrogen and oxygen atoms in total. The summed E-state index contributed by atoms with van der Waals surface area (Å²) in [6, 6.07) is 5.50. The number of hydrogen-bond acceptors (Lipinski definition) is 2. The Morgan fingerprint density at radius 2 is 1.82 bits per heavy atom. The van der Waals surface area contributed by atoms with Crippen molar-refractivity contribution in [2.24, 2.45) is 11.8 Å². The summed E-state index contributed by atoms with van der Waals surface area (Å²) in [4.78, 5) is 0. The smallest absolute Gasteiger partial charge is 0.161 e. The number of anilines is 1. The van der Waals surface area contributed by atoms with Crippen molar-refractivity contribution in [2.45, 2.75) is 39.2 Å². The van der Waals surface area contributed by atoms with Crippen molar-refractivity contribution in [3.63, 3.8) is 0 Å². The zero-order valence-electron chi connectivity index (χ0n) is 10.4. The number of ether oxygens (including phenoxy) is 1. The van der Waals surface area contributed by atoms with Crippen molar-refractivity contribution in [2.75, 3.05) is 5.73 Å². The molecule has 2 rings (SSSR count). The van der Waals surface area contributed by atoms with Crippen LogP contribution in [-0.4, -0.2) is 6.10 Å². The first-order valence-electron chi connectivity index (χ1n) is 6.27. The van der Waals surface area contributed by atoms with Gasteiger partial charge in [-0.25, -0.2) is 0 Å².